The lowest BCUT2D eigenvalue weighted by Gasteiger charge is -2.05. The van der Waals surface area contributed by atoms with Crippen LogP contribution in [0.15, 0.2) is 36.4 Å². The zero-order chi connectivity index (χ0) is 16.7. The molecule has 0 radical (unpaired) electrons. The fourth-order valence-corrected chi connectivity index (χ4v) is 4.52. The zero-order valence-electron chi connectivity index (χ0n) is 13.1. The predicted octanol–water partition coefficient (Wildman–Crippen LogP) is 5.17. The highest BCUT2D eigenvalue weighted by Gasteiger charge is 2.12. The van der Waals surface area contributed by atoms with E-state index in [9.17, 15) is 4.79 Å². The Labute approximate surface area is 146 Å². The van der Waals surface area contributed by atoms with E-state index in [2.05, 4.69) is 20.6 Å². The van der Waals surface area contributed by atoms with Crippen LogP contribution in [0.2, 0.25) is 0 Å². The van der Waals surface area contributed by atoms with Gasteiger partial charge in [-0.05, 0) is 43.7 Å². The molecule has 0 bridgehead atoms. The molecule has 0 aliphatic heterocycles. The van der Waals surface area contributed by atoms with E-state index in [1.165, 1.54) is 11.3 Å². The van der Waals surface area contributed by atoms with Crippen LogP contribution in [0.4, 0.5) is 15.6 Å². The lowest BCUT2D eigenvalue weighted by molar-refractivity contribution is 0.262. The van der Waals surface area contributed by atoms with Crippen LogP contribution in [0, 0.1) is 13.8 Å². The van der Waals surface area contributed by atoms with Crippen molar-refractivity contribution in [2.24, 2.45) is 0 Å². The van der Waals surface area contributed by atoms with Gasteiger partial charge in [-0.25, -0.2) is 14.8 Å². The number of carbonyl (C=O) groups excluding carboxylic acids is 1. The Morgan fingerprint density at radius 2 is 1.71 bits per heavy atom. The number of amides is 2. The summed E-state index contributed by atoms with van der Waals surface area (Å²) in [5.74, 6) is 0. The van der Waals surface area contributed by atoms with Gasteiger partial charge in [-0.3, -0.25) is 5.32 Å². The summed E-state index contributed by atoms with van der Waals surface area (Å²) in [5.41, 5.74) is 3.70. The summed E-state index contributed by atoms with van der Waals surface area (Å²) in [6.45, 7) is 3.98. The van der Waals surface area contributed by atoms with E-state index in [-0.39, 0.29) is 6.03 Å². The summed E-state index contributed by atoms with van der Waals surface area (Å²) in [6.07, 6.45) is 0. The smallest absolute Gasteiger partial charge is 0.308 e. The molecule has 4 aromatic rings. The Morgan fingerprint density at radius 3 is 2.50 bits per heavy atom. The number of urea groups is 1. The highest BCUT2D eigenvalue weighted by Crippen LogP contribution is 2.35. The minimum absolute atomic E-state index is 0.295. The SMILES string of the molecule is Cc1cccc(NC(=O)Nc2nc3ccc4nc(C)sc4c3s2)c1. The van der Waals surface area contributed by atoms with Crippen molar-refractivity contribution in [3.05, 3.63) is 47.0 Å². The van der Waals surface area contributed by atoms with Gasteiger partial charge < -0.3 is 5.32 Å². The summed E-state index contributed by atoms with van der Waals surface area (Å²) in [4.78, 5) is 21.2. The van der Waals surface area contributed by atoms with Gasteiger partial charge in [0.25, 0.3) is 0 Å². The van der Waals surface area contributed by atoms with E-state index >= 15 is 0 Å². The van der Waals surface area contributed by atoms with E-state index in [1.54, 1.807) is 11.3 Å². The van der Waals surface area contributed by atoms with Crippen molar-refractivity contribution in [1.29, 1.82) is 0 Å². The van der Waals surface area contributed by atoms with Gasteiger partial charge in [-0.1, -0.05) is 23.5 Å². The highest BCUT2D eigenvalue weighted by atomic mass is 32.1. The van der Waals surface area contributed by atoms with Crippen molar-refractivity contribution >= 4 is 60.0 Å². The van der Waals surface area contributed by atoms with Crippen molar-refractivity contribution < 1.29 is 4.79 Å². The molecule has 0 saturated heterocycles. The van der Waals surface area contributed by atoms with Crippen molar-refractivity contribution in [3.8, 4) is 0 Å². The van der Waals surface area contributed by atoms with Gasteiger partial charge in [-0.15, -0.1) is 11.3 Å². The van der Waals surface area contributed by atoms with Gasteiger partial charge in [0.15, 0.2) is 5.13 Å². The molecule has 2 amide bonds. The second kappa shape index (κ2) is 5.85. The van der Waals surface area contributed by atoms with Gasteiger partial charge in [0.2, 0.25) is 0 Å². The van der Waals surface area contributed by atoms with E-state index in [0.29, 0.717) is 5.13 Å². The fraction of sp³-hybridized carbons (Fsp3) is 0.118. The highest BCUT2D eigenvalue weighted by molar-refractivity contribution is 7.28. The Morgan fingerprint density at radius 1 is 0.958 bits per heavy atom. The molecular weight excluding hydrogens is 340 g/mol. The molecule has 0 aliphatic carbocycles. The number of nitrogens with zero attached hydrogens (tertiary/aromatic N) is 2. The van der Waals surface area contributed by atoms with Crippen molar-refractivity contribution in [1.82, 2.24) is 9.97 Å². The average Bonchev–Trinajstić information content (AvgIpc) is 3.08. The van der Waals surface area contributed by atoms with Gasteiger partial charge >= 0.3 is 6.03 Å². The van der Waals surface area contributed by atoms with Crippen LogP contribution in [-0.2, 0) is 0 Å². The summed E-state index contributed by atoms with van der Waals surface area (Å²) in [7, 11) is 0. The Hall–Kier alpha value is -2.51. The molecule has 0 fully saturated rings. The number of nitrogens with one attached hydrogen (secondary N) is 2. The third-order valence-corrected chi connectivity index (χ3v) is 5.65. The fourth-order valence-electron chi connectivity index (χ4n) is 2.52. The molecule has 120 valence electrons. The standard InChI is InChI=1S/C17H14N4OS2/c1-9-4-3-5-11(8-9)19-16(22)21-17-20-13-7-6-12-14(15(13)24-17)23-10(2)18-12/h3-8H,1-2H3,(H2,19,20,21,22). The molecule has 7 heteroatoms. The van der Waals surface area contributed by atoms with Crippen LogP contribution in [0.1, 0.15) is 10.6 Å². The van der Waals surface area contributed by atoms with E-state index in [0.717, 1.165) is 36.7 Å². The molecule has 4 rings (SSSR count). The minimum Gasteiger partial charge on any atom is -0.308 e. The molecule has 0 saturated carbocycles. The molecular formula is C17H14N4OS2. The first-order valence-electron chi connectivity index (χ1n) is 7.40. The molecule has 2 aromatic carbocycles. The summed E-state index contributed by atoms with van der Waals surface area (Å²) < 4.78 is 2.18. The third kappa shape index (κ3) is 2.83. The van der Waals surface area contributed by atoms with Crippen LogP contribution >= 0.6 is 22.7 Å². The third-order valence-electron chi connectivity index (χ3n) is 3.52. The summed E-state index contributed by atoms with van der Waals surface area (Å²) in [5, 5.41) is 7.24. The maximum absolute atomic E-state index is 12.2. The molecule has 0 unspecified atom stereocenters. The monoisotopic (exact) mass is 354 g/mol. The second-order valence-corrected chi connectivity index (χ2v) is 7.66. The lowest BCUT2D eigenvalue weighted by atomic mass is 10.2. The average molecular weight is 354 g/mol. The Bertz CT molecular complexity index is 1070. The van der Waals surface area contributed by atoms with Crippen LogP contribution < -0.4 is 10.6 Å². The number of hydrogen-bond donors (Lipinski definition) is 2. The molecule has 2 heterocycles. The van der Waals surface area contributed by atoms with Gasteiger partial charge in [0, 0.05) is 5.69 Å². The largest absolute Gasteiger partial charge is 0.325 e. The minimum atomic E-state index is -0.295. The van der Waals surface area contributed by atoms with Gasteiger partial charge in [0.05, 0.1) is 25.4 Å². The van der Waals surface area contributed by atoms with Crippen LogP contribution in [0.3, 0.4) is 0 Å². The number of anilines is 2. The first-order valence-corrected chi connectivity index (χ1v) is 9.03. The molecule has 0 aliphatic rings. The molecule has 0 spiro atoms. The van der Waals surface area contributed by atoms with Crippen molar-refractivity contribution in [2.75, 3.05) is 10.6 Å². The molecule has 24 heavy (non-hydrogen) atoms. The first-order chi connectivity index (χ1) is 11.6. The normalized spacial score (nSPS) is 11.1. The number of carbonyl (C=O) groups is 1. The topological polar surface area (TPSA) is 66.9 Å². The van der Waals surface area contributed by atoms with Crippen molar-refractivity contribution in [3.63, 3.8) is 0 Å². The van der Waals surface area contributed by atoms with E-state index < -0.39 is 0 Å². The first kappa shape index (κ1) is 15.0. The maximum Gasteiger partial charge on any atom is 0.325 e. The maximum atomic E-state index is 12.2. The van der Waals surface area contributed by atoms with Crippen LogP contribution in [-0.4, -0.2) is 16.0 Å². The second-order valence-electron chi connectivity index (χ2n) is 5.46. The molecule has 0 atom stereocenters. The van der Waals surface area contributed by atoms with Crippen molar-refractivity contribution in [2.45, 2.75) is 13.8 Å². The Balaban J connectivity index is 1.60. The van der Waals surface area contributed by atoms with E-state index in [4.69, 9.17) is 0 Å². The van der Waals surface area contributed by atoms with Gasteiger partial charge in [-0.2, -0.15) is 0 Å². The lowest BCUT2D eigenvalue weighted by Crippen LogP contribution is -2.19. The molecule has 2 N–H and O–H groups in total. The number of fused-ring (bicyclic) bond motifs is 3. The van der Waals surface area contributed by atoms with Gasteiger partial charge in [0.1, 0.15) is 0 Å². The number of benzene rings is 2. The number of aromatic nitrogens is 2. The number of aryl methyl sites for hydroxylation is 2. The van der Waals surface area contributed by atoms with Crippen LogP contribution in [0.25, 0.3) is 20.4 Å². The Kier molecular flexibility index (Phi) is 3.66. The van der Waals surface area contributed by atoms with Crippen LogP contribution in [0.5, 0.6) is 0 Å². The van der Waals surface area contributed by atoms with E-state index in [1.807, 2.05) is 50.2 Å². The quantitative estimate of drug-likeness (QED) is 0.522. The molecule has 2 aromatic heterocycles. The zero-order valence-corrected chi connectivity index (χ0v) is 14.7. The number of hydrogen-bond acceptors (Lipinski definition) is 5. The predicted molar refractivity (Wildman–Crippen MR) is 101 cm³/mol. The number of thiazole rings is 2. The molecule has 5 nitrogen and oxygen atoms in total. The number of rotatable bonds is 2. The summed E-state index contributed by atoms with van der Waals surface area (Å²) in [6, 6.07) is 11.3. The summed E-state index contributed by atoms with van der Waals surface area (Å²) >= 11 is 3.12.